The van der Waals surface area contributed by atoms with Gasteiger partial charge in [-0.3, -0.25) is 14.2 Å². The first-order valence-electron chi connectivity index (χ1n) is 8.86. The van der Waals surface area contributed by atoms with Crippen molar-refractivity contribution in [3.63, 3.8) is 0 Å². The third-order valence-corrected chi connectivity index (χ3v) is 4.42. The van der Waals surface area contributed by atoms with E-state index in [0.717, 1.165) is 4.47 Å². The number of anilines is 1. The number of amides is 1. The number of halogens is 1. The van der Waals surface area contributed by atoms with E-state index in [2.05, 4.69) is 26.2 Å². The van der Waals surface area contributed by atoms with Gasteiger partial charge < -0.3 is 14.8 Å². The zero-order chi connectivity index (χ0) is 20.1. The standard InChI is InChI=1S/C20H20BrN3O4/c1-3-27-17-8-6-14(10-18(17)28-4-2)23-19(25)11-24-12-22-16-7-5-13(21)9-15(16)20(24)26/h5-10,12H,3-4,11H2,1-2H3,(H,23,25). The Kier molecular flexibility index (Phi) is 6.30. The summed E-state index contributed by atoms with van der Waals surface area (Å²) in [5, 5.41) is 3.22. The van der Waals surface area contributed by atoms with Gasteiger partial charge in [0.1, 0.15) is 6.54 Å². The van der Waals surface area contributed by atoms with Gasteiger partial charge in [-0.05, 0) is 44.2 Å². The van der Waals surface area contributed by atoms with Crippen molar-refractivity contribution in [2.24, 2.45) is 0 Å². The lowest BCUT2D eigenvalue weighted by Gasteiger charge is -2.13. The Balaban J connectivity index is 1.79. The molecule has 1 N–H and O–H groups in total. The average Bonchev–Trinajstić information content (AvgIpc) is 2.67. The maximum atomic E-state index is 12.6. The van der Waals surface area contributed by atoms with Crippen LogP contribution in [0.4, 0.5) is 5.69 Å². The molecule has 0 saturated carbocycles. The monoisotopic (exact) mass is 445 g/mol. The molecule has 0 unspecified atom stereocenters. The van der Waals surface area contributed by atoms with Gasteiger partial charge in [-0.2, -0.15) is 0 Å². The lowest BCUT2D eigenvalue weighted by Crippen LogP contribution is -2.27. The van der Waals surface area contributed by atoms with E-state index in [1.165, 1.54) is 10.9 Å². The highest BCUT2D eigenvalue weighted by atomic mass is 79.9. The van der Waals surface area contributed by atoms with Crippen molar-refractivity contribution in [3.8, 4) is 11.5 Å². The van der Waals surface area contributed by atoms with Crippen molar-refractivity contribution in [1.82, 2.24) is 9.55 Å². The van der Waals surface area contributed by atoms with E-state index in [9.17, 15) is 9.59 Å². The van der Waals surface area contributed by atoms with Crippen molar-refractivity contribution < 1.29 is 14.3 Å². The van der Waals surface area contributed by atoms with E-state index in [4.69, 9.17) is 9.47 Å². The van der Waals surface area contributed by atoms with E-state index in [1.807, 2.05) is 19.9 Å². The summed E-state index contributed by atoms with van der Waals surface area (Å²) in [5.74, 6) is 0.823. The molecule has 8 heteroatoms. The second kappa shape index (κ2) is 8.88. The van der Waals surface area contributed by atoms with Crippen LogP contribution in [0.25, 0.3) is 10.9 Å². The first-order chi connectivity index (χ1) is 13.5. The summed E-state index contributed by atoms with van der Waals surface area (Å²) in [5.41, 5.74) is 0.863. The lowest BCUT2D eigenvalue weighted by atomic mass is 10.2. The second-order valence-electron chi connectivity index (χ2n) is 5.91. The molecule has 0 aliphatic carbocycles. The summed E-state index contributed by atoms with van der Waals surface area (Å²) in [6, 6.07) is 10.4. The third-order valence-electron chi connectivity index (χ3n) is 3.93. The predicted octanol–water partition coefficient (Wildman–Crippen LogP) is 3.60. The summed E-state index contributed by atoms with van der Waals surface area (Å²) in [6.07, 6.45) is 1.38. The summed E-state index contributed by atoms with van der Waals surface area (Å²) in [4.78, 5) is 29.3. The molecule has 3 aromatic rings. The zero-order valence-electron chi connectivity index (χ0n) is 15.6. The first-order valence-corrected chi connectivity index (χ1v) is 9.65. The first kappa shape index (κ1) is 19.9. The van der Waals surface area contributed by atoms with E-state index < -0.39 is 0 Å². The van der Waals surface area contributed by atoms with Crippen LogP contribution in [0.3, 0.4) is 0 Å². The Morgan fingerprint density at radius 2 is 1.86 bits per heavy atom. The van der Waals surface area contributed by atoms with E-state index >= 15 is 0 Å². The Bertz CT molecular complexity index is 1060. The number of carbonyl (C=O) groups excluding carboxylic acids is 1. The number of rotatable bonds is 7. The van der Waals surface area contributed by atoms with Crippen molar-refractivity contribution >= 4 is 38.4 Å². The van der Waals surface area contributed by atoms with Crippen LogP contribution in [0.5, 0.6) is 11.5 Å². The van der Waals surface area contributed by atoms with Crippen molar-refractivity contribution in [2.75, 3.05) is 18.5 Å². The molecule has 28 heavy (non-hydrogen) atoms. The minimum absolute atomic E-state index is 0.147. The van der Waals surface area contributed by atoms with Gasteiger partial charge in [0.2, 0.25) is 5.91 Å². The zero-order valence-corrected chi connectivity index (χ0v) is 17.2. The molecule has 0 radical (unpaired) electrons. The summed E-state index contributed by atoms with van der Waals surface area (Å²) in [7, 11) is 0. The van der Waals surface area contributed by atoms with Gasteiger partial charge in [-0.1, -0.05) is 15.9 Å². The van der Waals surface area contributed by atoms with Gasteiger partial charge >= 0.3 is 0 Å². The summed E-state index contributed by atoms with van der Waals surface area (Å²) in [6.45, 7) is 4.61. The lowest BCUT2D eigenvalue weighted by molar-refractivity contribution is -0.116. The molecule has 0 aliphatic heterocycles. The normalized spacial score (nSPS) is 10.7. The SMILES string of the molecule is CCOc1ccc(NC(=O)Cn2cnc3ccc(Br)cc3c2=O)cc1OCC. The minimum atomic E-state index is -0.343. The van der Waals surface area contributed by atoms with Gasteiger partial charge in [0.25, 0.3) is 5.56 Å². The maximum absolute atomic E-state index is 12.6. The van der Waals surface area contributed by atoms with Gasteiger partial charge in [0.15, 0.2) is 11.5 Å². The van der Waals surface area contributed by atoms with Crippen LogP contribution in [0.2, 0.25) is 0 Å². The molecule has 0 saturated heterocycles. The second-order valence-corrected chi connectivity index (χ2v) is 6.83. The molecule has 1 aromatic heterocycles. The number of carbonyl (C=O) groups is 1. The molecule has 146 valence electrons. The molecule has 2 aromatic carbocycles. The number of fused-ring (bicyclic) bond motifs is 1. The largest absolute Gasteiger partial charge is 0.490 e. The van der Waals surface area contributed by atoms with Crippen molar-refractivity contribution in [2.45, 2.75) is 20.4 Å². The van der Waals surface area contributed by atoms with Crippen molar-refractivity contribution in [3.05, 3.63) is 57.6 Å². The highest BCUT2D eigenvalue weighted by molar-refractivity contribution is 9.10. The number of benzene rings is 2. The molecule has 0 bridgehead atoms. The Morgan fingerprint density at radius 3 is 2.61 bits per heavy atom. The highest BCUT2D eigenvalue weighted by Crippen LogP contribution is 2.30. The molecule has 0 atom stereocenters. The fourth-order valence-corrected chi connectivity index (χ4v) is 3.09. The summed E-state index contributed by atoms with van der Waals surface area (Å²) < 4.78 is 13.1. The van der Waals surface area contributed by atoms with Gasteiger partial charge in [0, 0.05) is 16.2 Å². The molecule has 1 amide bonds. The average molecular weight is 446 g/mol. The molecule has 1 heterocycles. The molecular formula is C20H20BrN3O4. The van der Waals surface area contributed by atoms with Crippen LogP contribution in [0.1, 0.15) is 13.8 Å². The Hall–Kier alpha value is -2.87. The smallest absolute Gasteiger partial charge is 0.261 e. The van der Waals surface area contributed by atoms with Crippen molar-refractivity contribution in [1.29, 1.82) is 0 Å². The molecule has 0 fully saturated rings. The third kappa shape index (κ3) is 4.51. The van der Waals surface area contributed by atoms with Gasteiger partial charge in [-0.15, -0.1) is 0 Å². The topological polar surface area (TPSA) is 82.5 Å². The summed E-state index contributed by atoms with van der Waals surface area (Å²) >= 11 is 3.35. The number of hydrogen-bond donors (Lipinski definition) is 1. The van der Waals surface area contributed by atoms with Gasteiger partial charge in [-0.25, -0.2) is 4.98 Å². The number of hydrogen-bond acceptors (Lipinski definition) is 5. The number of nitrogens with one attached hydrogen (secondary N) is 1. The fourth-order valence-electron chi connectivity index (χ4n) is 2.73. The number of nitrogens with zero attached hydrogens (tertiary/aromatic N) is 2. The van der Waals surface area contributed by atoms with E-state index in [1.54, 1.807) is 30.3 Å². The van der Waals surface area contributed by atoms with Crippen LogP contribution in [-0.2, 0) is 11.3 Å². The number of aromatic nitrogens is 2. The van der Waals surface area contributed by atoms with Crippen LogP contribution in [0, 0.1) is 0 Å². The van der Waals surface area contributed by atoms with Crippen LogP contribution < -0.4 is 20.3 Å². The molecule has 3 rings (SSSR count). The molecular weight excluding hydrogens is 426 g/mol. The van der Waals surface area contributed by atoms with Crippen LogP contribution >= 0.6 is 15.9 Å². The maximum Gasteiger partial charge on any atom is 0.261 e. The minimum Gasteiger partial charge on any atom is -0.490 e. The van der Waals surface area contributed by atoms with Crippen LogP contribution in [0.15, 0.2) is 52.0 Å². The van der Waals surface area contributed by atoms with Crippen LogP contribution in [-0.4, -0.2) is 28.7 Å². The Morgan fingerprint density at radius 1 is 1.11 bits per heavy atom. The fraction of sp³-hybridized carbons (Fsp3) is 0.250. The highest BCUT2D eigenvalue weighted by Gasteiger charge is 2.11. The number of ether oxygens (including phenoxy) is 2. The quantitative estimate of drug-likeness (QED) is 0.600. The Labute approximate surface area is 170 Å². The van der Waals surface area contributed by atoms with Gasteiger partial charge in [0.05, 0.1) is 30.4 Å². The molecule has 0 aliphatic rings. The molecule has 0 spiro atoms. The van der Waals surface area contributed by atoms with E-state index in [0.29, 0.717) is 41.3 Å². The predicted molar refractivity (Wildman–Crippen MR) is 111 cm³/mol. The molecule has 7 nitrogen and oxygen atoms in total. The van der Waals surface area contributed by atoms with E-state index in [-0.39, 0.29) is 18.0 Å².